The molecule has 0 bridgehead atoms. The number of aromatic nitrogens is 3. The first kappa shape index (κ1) is 36.7. The number of furan rings is 1. The van der Waals surface area contributed by atoms with Crippen LogP contribution in [-0.4, -0.2) is 15.0 Å². The molecule has 0 fully saturated rings. The summed E-state index contributed by atoms with van der Waals surface area (Å²) in [5.41, 5.74) is 19.3. The average molecular weight is 840 g/mol. The zero-order valence-corrected chi connectivity index (χ0v) is 35.6. The third-order valence-electron chi connectivity index (χ3n) is 13.9. The van der Waals surface area contributed by atoms with E-state index in [0.717, 1.165) is 49.8 Å². The lowest BCUT2D eigenvalue weighted by Crippen LogP contribution is -2.25. The van der Waals surface area contributed by atoms with E-state index in [1.165, 1.54) is 66.4 Å². The summed E-state index contributed by atoms with van der Waals surface area (Å²) < 4.78 is 6.53. The summed E-state index contributed by atoms with van der Waals surface area (Å²) in [6.07, 6.45) is 0. The molecule has 306 valence electrons. The second kappa shape index (κ2) is 14.1. The zero-order valence-electron chi connectivity index (χ0n) is 35.6. The minimum Gasteiger partial charge on any atom is -0.456 e. The first-order valence-corrected chi connectivity index (χ1v) is 22.5. The van der Waals surface area contributed by atoms with Crippen LogP contribution in [-0.2, 0) is 5.41 Å². The second-order valence-electron chi connectivity index (χ2n) is 17.4. The van der Waals surface area contributed by atoms with E-state index in [-0.39, 0.29) is 5.41 Å². The summed E-state index contributed by atoms with van der Waals surface area (Å²) in [6.45, 7) is 0. The van der Waals surface area contributed by atoms with Gasteiger partial charge in [0.15, 0.2) is 17.5 Å². The van der Waals surface area contributed by atoms with Crippen molar-refractivity contribution in [2.45, 2.75) is 5.41 Å². The SMILES string of the molecule is c1ccc(-c2nc(-c3ccccc3)nc(-c3cccc4oc5ccc(-c6ccc7ccc(-c8cccc9c8-c8ccccc8C98c9ccccc9-c9ccccc98)cc7c6)cc5c34)n2)cc1. The van der Waals surface area contributed by atoms with Crippen LogP contribution < -0.4 is 0 Å². The first-order chi connectivity index (χ1) is 32.7. The van der Waals surface area contributed by atoms with Crippen LogP contribution in [0.5, 0.6) is 0 Å². The van der Waals surface area contributed by atoms with Crippen LogP contribution in [0.4, 0.5) is 0 Å². The van der Waals surface area contributed by atoms with Crippen LogP contribution in [0.1, 0.15) is 22.3 Å². The molecule has 0 atom stereocenters. The van der Waals surface area contributed by atoms with Crippen molar-refractivity contribution in [3.63, 3.8) is 0 Å². The fourth-order valence-corrected chi connectivity index (χ4v) is 11.1. The summed E-state index contributed by atoms with van der Waals surface area (Å²) in [7, 11) is 0. The molecule has 0 saturated heterocycles. The number of benzene rings is 10. The molecule has 2 aliphatic rings. The van der Waals surface area contributed by atoms with Gasteiger partial charge in [0, 0.05) is 27.5 Å². The minimum atomic E-state index is -0.382. The molecule has 2 aromatic heterocycles. The van der Waals surface area contributed by atoms with Gasteiger partial charge < -0.3 is 4.42 Å². The molecule has 10 aromatic carbocycles. The molecule has 66 heavy (non-hydrogen) atoms. The van der Waals surface area contributed by atoms with E-state index in [2.05, 4.69) is 152 Å². The van der Waals surface area contributed by atoms with Gasteiger partial charge in [0.2, 0.25) is 0 Å². The van der Waals surface area contributed by atoms with E-state index in [0.29, 0.717) is 17.5 Å². The van der Waals surface area contributed by atoms with Crippen molar-refractivity contribution in [2.75, 3.05) is 0 Å². The number of hydrogen-bond acceptors (Lipinski definition) is 4. The molecule has 1 spiro atoms. The van der Waals surface area contributed by atoms with Crippen LogP contribution >= 0.6 is 0 Å². The Labute approximate surface area is 381 Å². The van der Waals surface area contributed by atoms with E-state index in [1.54, 1.807) is 0 Å². The Morgan fingerprint density at radius 1 is 0.303 bits per heavy atom. The van der Waals surface area contributed by atoms with E-state index in [1.807, 2.05) is 72.8 Å². The van der Waals surface area contributed by atoms with Crippen molar-refractivity contribution in [1.29, 1.82) is 0 Å². The van der Waals surface area contributed by atoms with E-state index >= 15 is 0 Å². The van der Waals surface area contributed by atoms with Crippen molar-refractivity contribution in [2.24, 2.45) is 0 Å². The zero-order chi connectivity index (χ0) is 43.3. The molecular weight excluding hydrogens is 803 g/mol. The van der Waals surface area contributed by atoms with Crippen molar-refractivity contribution >= 4 is 32.7 Å². The van der Waals surface area contributed by atoms with Gasteiger partial charge in [-0.3, -0.25) is 0 Å². The number of nitrogens with zero attached hydrogens (tertiary/aromatic N) is 3. The highest BCUT2D eigenvalue weighted by molar-refractivity contribution is 6.13. The van der Waals surface area contributed by atoms with E-state index < -0.39 is 0 Å². The Bertz CT molecular complexity index is 3840. The van der Waals surface area contributed by atoms with Gasteiger partial charge in [-0.1, -0.05) is 194 Å². The van der Waals surface area contributed by atoms with Gasteiger partial charge in [-0.2, -0.15) is 0 Å². The summed E-state index contributed by atoms with van der Waals surface area (Å²) in [6, 6.07) is 80.6. The Hall–Kier alpha value is -8.73. The monoisotopic (exact) mass is 839 g/mol. The largest absolute Gasteiger partial charge is 0.456 e. The normalized spacial score (nSPS) is 13.0. The van der Waals surface area contributed by atoms with Gasteiger partial charge in [-0.25, -0.2) is 15.0 Å². The molecule has 0 N–H and O–H groups in total. The van der Waals surface area contributed by atoms with Gasteiger partial charge in [-0.05, 0) is 108 Å². The molecule has 14 rings (SSSR count). The molecule has 0 radical (unpaired) electrons. The van der Waals surface area contributed by atoms with Crippen molar-refractivity contribution in [3.05, 3.63) is 247 Å². The highest BCUT2D eigenvalue weighted by Crippen LogP contribution is 2.64. The van der Waals surface area contributed by atoms with Crippen molar-refractivity contribution in [3.8, 4) is 78.7 Å². The molecule has 2 heterocycles. The maximum atomic E-state index is 6.53. The number of rotatable bonds is 5. The van der Waals surface area contributed by atoms with Crippen LogP contribution in [0.25, 0.3) is 111 Å². The van der Waals surface area contributed by atoms with Gasteiger partial charge >= 0.3 is 0 Å². The molecule has 0 unspecified atom stereocenters. The van der Waals surface area contributed by atoms with Crippen LogP contribution in [0.2, 0.25) is 0 Å². The van der Waals surface area contributed by atoms with E-state index in [9.17, 15) is 0 Å². The van der Waals surface area contributed by atoms with Gasteiger partial charge in [-0.15, -0.1) is 0 Å². The molecule has 4 heteroatoms. The van der Waals surface area contributed by atoms with Crippen LogP contribution in [0.3, 0.4) is 0 Å². The molecular formula is C62H37N3O. The quantitative estimate of drug-likeness (QED) is 0.173. The summed E-state index contributed by atoms with van der Waals surface area (Å²) in [5.74, 6) is 1.85. The lowest BCUT2D eigenvalue weighted by Gasteiger charge is -2.30. The third kappa shape index (κ3) is 5.30. The molecule has 0 aliphatic heterocycles. The topological polar surface area (TPSA) is 51.8 Å². The van der Waals surface area contributed by atoms with Gasteiger partial charge in [0.05, 0.1) is 5.41 Å². The molecule has 12 aromatic rings. The summed E-state index contributed by atoms with van der Waals surface area (Å²) in [5, 5.41) is 4.37. The Kier molecular flexibility index (Phi) is 7.87. The third-order valence-corrected chi connectivity index (χ3v) is 13.9. The molecule has 4 nitrogen and oxygen atoms in total. The van der Waals surface area contributed by atoms with Crippen molar-refractivity contribution < 1.29 is 4.42 Å². The average Bonchev–Trinajstić information content (AvgIpc) is 4.03. The number of fused-ring (bicyclic) bond motifs is 14. The predicted octanol–water partition coefficient (Wildman–Crippen LogP) is 15.6. The molecule has 2 aliphatic carbocycles. The first-order valence-electron chi connectivity index (χ1n) is 22.5. The maximum absolute atomic E-state index is 6.53. The van der Waals surface area contributed by atoms with E-state index in [4.69, 9.17) is 19.4 Å². The van der Waals surface area contributed by atoms with Crippen molar-refractivity contribution in [1.82, 2.24) is 15.0 Å². The Morgan fingerprint density at radius 2 is 0.803 bits per heavy atom. The fourth-order valence-electron chi connectivity index (χ4n) is 11.1. The predicted molar refractivity (Wildman–Crippen MR) is 268 cm³/mol. The Balaban J connectivity index is 0.904. The summed E-state index contributed by atoms with van der Waals surface area (Å²) >= 11 is 0. The van der Waals surface area contributed by atoms with Gasteiger partial charge in [0.1, 0.15) is 11.2 Å². The molecule has 0 amide bonds. The second-order valence-corrected chi connectivity index (χ2v) is 17.4. The Morgan fingerprint density at radius 3 is 1.50 bits per heavy atom. The minimum absolute atomic E-state index is 0.382. The highest BCUT2D eigenvalue weighted by atomic mass is 16.3. The lowest BCUT2D eigenvalue weighted by molar-refractivity contribution is 0.669. The maximum Gasteiger partial charge on any atom is 0.164 e. The number of hydrogen-bond donors (Lipinski definition) is 0. The highest BCUT2D eigenvalue weighted by Gasteiger charge is 2.51. The standard InChI is InChI=1S/C62H37N3O/c1-3-15-39(16-4-1)59-63-60(40-17-5-2-6-18-40)65-61(64-59)49-23-14-28-56-58(49)50-37-42(33-34-55(50)66-56)41-31-29-38-30-32-43(36-44(38)35-41)45-22-13-27-54-57(45)48-21-9-12-26-53(48)62(54)51-24-10-7-19-46(51)47-20-8-11-25-52(47)62/h1-37H. The van der Waals surface area contributed by atoms with Crippen LogP contribution in [0.15, 0.2) is 229 Å². The van der Waals surface area contributed by atoms with Gasteiger partial charge in [0.25, 0.3) is 0 Å². The fraction of sp³-hybridized carbons (Fsp3) is 0.0161. The lowest BCUT2D eigenvalue weighted by atomic mass is 9.70. The summed E-state index contributed by atoms with van der Waals surface area (Å²) in [4.78, 5) is 15.1. The molecule has 0 saturated carbocycles. The smallest absolute Gasteiger partial charge is 0.164 e. The van der Waals surface area contributed by atoms with Crippen LogP contribution in [0, 0.1) is 0 Å².